The van der Waals surface area contributed by atoms with Crippen molar-refractivity contribution in [2.24, 2.45) is 0 Å². The van der Waals surface area contributed by atoms with E-state index in [9.17, 15) is 32.9 Å². The Morgan fingerprint density at radius 1 is 1.20 bits per heavy atom. The molecular formula is C14H15F3NNaO6. The molecule has 0 fully saturated rings. The normalized spacial score (nSPS) is 10.8. The number of nitrogens with zero attached hydrogens (tertiary/aromatic N) is 1. The van der Waals surface area contributed by atoms with Crippen LogP contribution in [0.4, 0.5) is 18.9 Å². The monoisotopic (exact) mass is 373 g/mol. The zero-order valence-electron chi connectivity index (χ0n) is 14.8. The molecule has 0 heterocycles. The molecule has 0 unspecified atom stereocenters. The number of esters is 2. The Morgan fingerprint density at radius 3 is 2.04 bits per heavy atom. The minimum atomic E-state index is -5.04. The molecule has 0 saturated carbocycles. The fraction of sp³-hybridized carbons (Fsp3) is 0.429. The van der Waals surface area contributed by atoms with E-state index in [1.807, 2.05) is 0 Å². The second-order valence-electron chi connectivity index (χ2n) is 4.47. The van der Waals surface area contributed by atoms with Gasteiger partial charge in [0.15, 0.2) is 5.92 Å². The fourth-order valence-corrected chi connectivity index (χ4v) is 1.94. The summed E-state index contributed by atoms with van der Waals surface area (Å²) in [6, 6.07) is 1.87. The summed E-state index contributed by atoms with van der Waals surface area (Å²) in [5.41, 5.74) is -3.15. The number of ether oxygens (including phenoxy) is 2. The minimum Gasteiger partial charge on any atom is -1.00 e. The van der Waals surface area contributed by atoms with E-state index in [0.717, 1.165) is 6.07 Å². The van der Waals surface area contributed by atoms with Crippen LogP contribution in [0, 0.1) is 10.1 Å². The van der Waals surface area contributed by atoms with Gasteiger partial charge in [-0.15, -0.1) is 0 Å². The number of benzene rings is 1. The van der Waals surface area contributed by atoms with Crippen LogP contribution in [0.3, 0.4) is 0 Å². The second kappa shape index (κ2) is 9.73. The molecule has 1 aromatic rings. The van der Waals surface area contributed by atoms with E-state index in [1.54, 1.807) is 0 Å². The molecule has 0 bridgehead atoms. The molecule has 0 radical (unpaired) electrons. The Labute approximate surface area is 164 Å². The summed E-state index contributed by atoms with van der Waals surface area (Å²) in [6.07, 6.45) is -5.04. The summed E-state index contributed by atoms with van der Waals surface area (Å²) in [6.45, 7) is 2.70. The van der Waals surface area contributed by atoms with E-state index < -0.39 is 45.8 Å². The summed E-state index contributed by atoms with van der Waals surface area (Å²) in [5, 5.41) is 10.7. The molecule has 1 rings (SSSR count). The number of alkyl halides is 3. The van der Waals surface area contributed by atoms with Crippen LogP contribution in [-0.4, -0.2) is 30.1 Å². The van der Waals surface area contributed by atoms with E-state index in [-0.39, 0.29) is 44.2 Å². The van der Waals surface area contributed by atoms with Crippen molar-refractivity contribution in [2.75, 3.05) is 13.2 Å². The number of hydrogen-bond acceptors (Lipinski definition) is 6. The van der Waals surface area contributed by atoms with Crippen molar-refractivity contribution in [2.45, 2.75) is 25.9 Å². The van der Waals surface area contributed by atoms with Crippen LogP contribution >= 0.6 is 0 Å². The summed E-state index contributed by atoms with van der Waals surface area (Å²) in [5.74, 6) is -3.96. The van der Waals surface area contributed by atoms with E-state index in [0.29, 0.717) is 12.1 Å². The molecule has 0 aromatic heterocycles. The van der Waals surface area contributed by atoms with Crippen molar-refractivity contribution in [3.63, 3.8) is 0 Å². The predicted octanol–water partition coefficient (Wildman–Crippen LogP) is -0.0601. The molecule has 0 aliphatic heterocycles. The van der Waals surface area contributed by atoms with Gasteiger partial charge in [-0.25, -0.2) is 0 Å². The van der Waals surface area contributed by atoms with Crippen LogP contribution in [0.1, 0.15) is 32.3 Å². The van der Waals surface area contributed by atoms with Gasteiger partial charge in [0.25, 0.3) is 5.69 Å². The predicted molar refractivity (Wildman–Crippen MR) is 75.2 cm³/mol. The molecule has 11 heteroatoms. The molecule has 7 nitrogen and oxygen atoms in total. The van der Waals surface area contributed by atoms with E-state index in [1.165, 1.54) is 13.8 Å². The Balaban J connectivity index is 0. The van der Waals surface area contributed by atoms with E-state index in [2.05, 4.69) is 9.47 Å². The number of nitro groups is 1. The Kier molecular flexibility index (Phi) is 9.09. The third-order valence-electron chi connectivity index (χ3n) is 2.90. The van der Waals surface area contributed by atoms with Crippen LogP contribution < -0.4 is 29.6 Å². The van der Waals surface area contributed by atoms with Crippen LogP contribution in [0.2, 0.25) is 0 Å². The smallest absolute Gasteiger partial charge is 1.00 e. The average Bonchev–Trinajstić information content (AvgIpc) is 2.46. The van der Waals surface area contributed by atoms with Crippen molar-refractivity contribution < 1.29 is 68.1 Å². The molecule has 0 aliphatic rings. The molecule has 0 amide bonds. The van der Waals surface area contributed by atoms with Crippen molar-refractivity contribution in [1.29, 1.82) is 0 Å². The molecule has 0 N–H and O–H groups in total. The molecule has 0 aliphatic carbocycles. The first-order valence-corrected chi connectivity index (χ1v) is 6.82. The Bertz CT molecular complexity index is 638. The zero-order valence-corrected chi connectivity index (χ0v) is 15.8. The summed E-state index contributed by atoms with van der Waals surface area (Å²) in [4.78, 5) is 33.3. The first-order valence-electron chi connectivity index (χ1n) is 6.82. The molecule has 134 valence electrons. The van der Waals surface area contributed by atoms with E-state index >= 15 is 0 Å². The maximum absolute atomic E-state index is 13.0. The van der Waals surface area contributed by atoms with Crippen LogP contribution in [0.25, 0.3) is 0 Å². The van der Waals surface area contributed by atoms with E-state index in [4.69, 9.17) is 0 Å². The van der Waals surface area contributed by atoms with Gasteiger partial charge in [-0.05, 0) is 25.5 Å². The van der Waals surface area contributed by atoms with Crippen molar-refractivity contribution >= 4 is 17.6 Å². The minimum absolute atomic E-state index is 0. The maximum Gasteiger partial charge on any atom is 1.00 e. The van der Waals surface area contributed by atoms with Gasteiger partial charge in [0.2, 0.25) is 0 Å². The van der Waals surface area contributed by atoms with Gasteiger partial charge in [0.1, 0.15) is 5.56 Å². The fourth-order valence-electron chi connectivity index (χ4n) is 1.94. The Hall–Kier alpha value is -1.65. The molecular weight excluding hydrogens is 358 g/mol. The van der Waals surface area contributed by atoms with Gasteiger partial charge in [0.05, 0.1) is 18.1 Å². The van der Waals surface area contributed by atoms with Gasteiger partial charge >= 0.3 is 47.7 Å². The first-order chi connectivity index (χ1) is 11.1. The van der Waals surface area contributed by atoms with Gasteiger partial charge in [-0.3, -0.25) is 19.7 Å². The quantitative estimate of drug-likeness (QED) is 0.228. The van der Waals surface area contributed by atoms with Crippen molar-refractivity contribution in [1.82, 2.24) is 0 Å². The van der Waals surface area contributed by atoms with Crippen molar-refractivity contribution in [3.8, 4) is 0 Å². The van der Waals surface area contributed by atoms with Gasteiger partial charge < -0.3 is 10.9 Å². The standard InChI is InChI=1S/C14H14F3NO6.Na.H/c1-3-23-12(19)11(13(20)24-4-2)8-5-6-10(18(21)22)9(7-8)14(15,16)17;;/h5-7,11H,3-4H2,1-2H3;;/q;+1;-1. The zero-order chi connectivity index (χ0) is 18.5. The molecule has 0 spiro atoms. The largest absolute Gasteiger partial charge is 1.00 e. The van der Waals surface area contributed by atoms with Crippen LogP contribution in [0.15, 0.2) is 18.2 Å². The topological polar surface area (TPSA) is 95.7 Å². The SMILES string of the molecule is CCOC(=O)C(C(=O)OCC)c1ccc([N+](=O)[O-])c(C(F)(F)F)c1.[H-].[Na+]. The second-order valence-corrected chi connectivity index (χ2v) is 4.47. The number of hydrogen-bond donors (Lipinski definition) is 0. The number of nitro benzene ring substituents is 1. The van der Waals surface area contributed by atoms with Gasteiger partial charge in [0, 0.05) is 6.07 Å². The number of rotatable bonds is 6. The third kappa shape index (κ3) is 5.98. The molecule has 25 heavy (non-hydrogen) atoms. The molecule has 0 atom stereocenters. The number of carbonyl (C=O) groups excluding carboxylic acids is 2. The maximum atomic E-state index is 13.0. The average molecular weight is 373 g/mol. The summed E-state index contributed by atoms with van der Waals surface area (Å²) >= 11 is 0. The van der Waals surface area contributed by atoms with Gasteiger partial charge in [-0.1, -0.05) is 6.07 Å². The van der Waals surface area contributed by atoms with Gasteiger partial charge in [-0.2, -0.15) is 13.2 Å². The molecule has 1 aromatic carbocycles. The Morgan fingerprint density at radius 2 is 1.68 bits per heavy atom. The third-order valence-corrected chi connectivity index (χ3v) is 2.90. The summed E-state index contributed by atoms with van der Waals surface area (Å²) < 4.78 is 48.4. The van der Waals surface area contributed by atoms with Crippen molar-refractivity contribution in [3.05, 3.63) is 39.4 Å². The molecule has 0 saturated heterocycles. The number of carbonyl (C=O) groups is 2. The summed E-state index contributed by atoms with van der Waals surface area (Å²) in [7, 11) is 0. The van der Waals surface area contributed by atoms with Crippen LogP contribution in [-0.2, 0) is 25.2 Å². The first kappa shape index (κ1) is 23.4. The van der Waals surface area contributed by atoms with Crippen LogP contribution in [0.5, 0.6) is 0 Å². The number of halogens is 3.